The fourth-order valence-corrected chi connectivity index (χ4v) is 3.69. The summed E-state index contributed by atoms with van der Waals surface area (Å²) >= 11 is 0. The highest BCUT2D eigenvalue weighted by Gasteiger charge is 2.25. The molecule has 134 valence electrons. The Hall–Kier alpha value is -2.10. The number of benzene rings is 1. The maximum absolute atomic E-state index is 12.5. The zero-order valence-electron chi connectivity index (χ0n) is 15.7. The van der Waals surface area contributed by atoms with Crippen LogP contribution in [0, 0.1) is 25.7 Å². The first-order chi connectivity index (χ1) is 11.9. The predicted molar refractivity (Wildman–Crippen MR) is 99.3 cm³/mol. The molecule has 1 aliphatic heterocycles. The summed E-state index contributed by atoms with van der Waals surface area (Å²) in [5, 5.41) is 0. The number of hydrogen-bond acceptors (Lipinski definition) is 3. The topological polar surface area (TPSA) is 46.3 Å². The summed E-state index contributed by atoms with van der Waals surface area (Å²) in [6.07, 6.45) is 3.99. The molecule has 2 atom stereocenters. The molecule has 1 aromatic heterocycles. The van der Waals surface area contributed by atoms with Gasteiger partial charge in [-0.3, -0.25) is 4.79 Å². The van der Waals surface area contributed by atoms with Gasteiger partial charge < -0.3 is 9.32 Å². The van der Waals surface area contributed by atoms with E-state index in [0.717, 1.165) is 24.4 Å². The van der Waals surface area contributed by atoms with Crippen molar-refractivity contribution in [3.8, 4) is 11.3 Å². The Bertz CT molecular complexity index is 740. The van der Waals surface area contributed by atoms with Gasteiger partial charge in [-0.2, -0.15) is 0 Å². The summed E-state index contributed by atoms with van der Waals surface area (Å²) in [5.41, 5.74) is 3.53. The van der Waals surface area contributed by atoms with Crippen LogP contribution in [0.1, 0.15) is 43.7 Å². The SMILES string of the molecule is Cc1ccc(-c2cnc(CCC(=O)N3C[C@H](C)C[C@H](C)C3)o2)cc1C. The largest absolute Gasteiger partial charge is 0.441 e. The number of aryl methyl sites for hydroxylation is 3. The molecular formula is C21H28N2O2. The molecule has 2 heterocycles. The molecule has 2 aromatic rings. The number of rotatable bonds is 4. The predicted octanol–water partition coefficient (Wildman–Crippen LogP) is 4.40. The van der Waals surface area contributed by atoms with Crippen molar-refractivity contribution in [2.45, 2.75) is 47.0 Å². The maximum Gasteiger partial charge on any atom is 0.223 e. The number of carbonyl (C=O) groups is 1. The van der Waals surface area contributed by atoms with Crippen LogP contribution in [0.4, 0.5) is 0 Å². The maximum atomic E-state index is 12.5. The Labute approximate surface area is 150 Å². The lowest BCUT2D eigenvalue weighted by atomic mass is 9.91. The van der Waals surface area contributed by atoms with Crippen molar-refractivity contribution in [1.82, 2.24) is 9.88 Å². The second-order valence-electron chi connectivity index (χ2n) is 7.66. The van der Waals surface area contributed by atoms with Crippen molar-refractivity contribution in [3.05, 3.63) is 41.4 Å². The second-order valence-corrected chi connectivity index (χ2v) is 7.66. The highest BCUT2D eigenvalue weighted by atomic mass is 16.4. The molecular weight excluding hydrogens is 312 g/mol. The highest BCUT2D eigenvalue weighted by Crippen LogP contribution is 2.24. The van der Waals surface area contributed by atoms with Crippen LogP contribution in [0.25, 0.3) is 11.3 Å². The summed E-state index contributed by atoms with van der Waals surface area (Å²) in [4.78, 5) is 18.8. The Morgan fingerprint density at radius 1 is 1.20 bits per heavy atom. The van der Waals surface area contributed by atoms with E-state index in [2.05, 4.69) is 44.8 Å². The third-order valence-electron chi connectivity index (χ3n) is 5.12. The van der Waals surface area contributed by atoms with Gasteiger partial charge in [0.05, 0.1) is 6.20 Å². The minimum Gasteiger partial charge on any atom is -0.441 e. The number of nitrogens with zero attached hydrogens (tertiary/aromatic N) is 2. The zero-order valence-corrected chi connectivity index (χ0v) is 15.7. The van der Waals surface area contributed by atoms with Gasteiger partial charge >= 0.3 is 0 Å². The molecule has 25 heavy (non-hydrogen) atoms. The summed E-state index contributed by atoms with van der Waals surface area (Å²) in [6, 6.07) is 6.25. The van der Waals surface area contributed by atoms with Gasteiger partial charge in [-0.05, 0) is 49.3 Å². The number of piperidine rings is 1. The summed E-state index contributed by atoms with van der Waals surface area (Å²) in [7, 11) is 0. The van der Waals surface area contributed by atoms with E-state index < -0.39 is 0 Å². The lowest BCUT2D eigenvalue weighted by molar-refractivity contribution is -0.133. The molecule has 1 aliphatic rings. The second kappa shape index (κ2) is 7.42. The Morgan fingerprint density at radius 2 is 1.92 bits per heavy atom. The zero-order chi connectivity index (χ0) is 18.0. The van der Waals surface area contributed by atoms with Gasteiger partial charge in [0, 0.05) is 31.5 Å². The quantitative estimate of drug-likeness (QED) is 0.829. The van der Waals surface area contributed by atoms with Gasteiger partial charge in [-0.15, -0.1) is 0 Å². The first-order valence-corrected chi connectivity index (χ1v) is 9.22. The van der Waals surface area contributed by atoms with Crippen LogP contribution in [0.3, 0.4) is 0 Å². The third kappa shape index (κ3) is 4.30. The van der Waals surface area contributed by atoms with Gasteiger partial charge in [-0.1, -0.05) is 26.0 Å². The molecule has 1 fully saturated rings. The molecule has 0 radical (unpaired) electrons. The Morgan fingerprint density at radius 3 is 2.60 bits per heavy atom. The van der Waals surface area contributed by atoms with Crippen molar-refractivity contribution >= 4 is 5.91 Å². The molecule has 1 aromatic carbocycles. The van der Waals surface area contributed by atoms with E-state index in [4.69, 9.17) is 4.42 Å². The van der Waals surface area contributed by atoms with E-state index in [1.807, 2.05) is 11.0 Å². The van der Waals surface area contributed by atoms with Crippen LogP contribution >= 0.6 is 0 Å². The van der Waals surface area contributed by atoms with Crippen molar-refractivity contribution in [3.63, 3.8) is 0 Å². The minimum absolute atomic E-state index is 0.212. The number of amides is 1. The van der Waals surface area contributed by atoms with Crippen LogP contribution in [-0.4, -0.2) is 28.9 Å². The Balaban J connectivity index is 1.60. The summed E-state index contributed by atoms with van der Waals surface area (Å²) < 4.78 is 5.86. The molecule has 4 nitrogen and oxygen atoms in total. The van der Waals surface area contributed by atoms with Gasteiger partial charge in [0.25, 0.3) is 0 Å². The average molecular weight is 340 g/mol. The van der Waals surface area contributed by atoms with E-state index in [-0.39, 0.29) is 5.91 Å². The molecule has 0 N–H and O–H groups in total. The van der Waals surface area contributed by atoms with Crippen molar-refractivity contribution in [2.75, 3.05) is 13.1 Å². The first-order valence-electron chi connectivity index (χ1n) is 9.22. The van der Waals surface area contributed by atoms with Crippen molar-refractivity contribution < 1.29 is 9.21 Å². The normalized spacial score (nSPS) is 20.7. The number of hydrogen-bond donors (Lipinski definition) is 0. The fraction of sp³-hybridized carbons (Fsp3) is 0.524. The highest BCUT2D eigenvalue weighted by molar-refractivity contribution is 5.76. The number of aromatic nitrogens is 1. The van der Waals surface area contributed by atoms with Crippen molar-refractivity contribution in [2.24, 2.45) is 11.8 Å². The lowest BCUT2D eigenvalue weighted by Gasteiger charge is -2.35. The molecule has 0 saturated carbocycles. The minimum atomic E-state index is 0.212. The van der Waals surface area contributed by atoms with E-state index in [1.165, 1.54) is 17.5 Å². The molecule has 4 heteroatoms. The molecule has 0 bridgehead atoms. The van der Waals surface area contributed by atoms with Gasteiger partial charge in [0.1, 0.15) is 0 Å². The molecule has 1 amide bonds. The fourth-order valence-electron chi connectivity index (χ4n) is 3.69. The number of likely N-dealkylation sites (tertiary alicyclic amines) is 1. The number of carbonyl (C=O) groups excluding carboxylic acids is 1. The van der Waals surface area contributed by atoms with Crippen LogP contribution in [0.2, 0.25) is 0 Å². The standard InChI is InChI=1S/C21H28N2O2/c1-14-9-15(2)13-23(12-14)21(24)8-7-20-22-11-19(25-20)18-6-5-16(3)17(4)10-18/h5-6,10-11,14-15H,7-9,12-13H2,1-4H3/t14-,15+. The number of oxazole rings is 1. The molecule has 0 spiro atoms. The van der Waals surface area contributed by atoms with Crippen molar-refractivity contribution in [1.29, 1.82) is 0 Å². The van der Waals surface area contributed by atoms with E-state index in [0.29, 0.717) is 30.6 Å². The van der Waals surface area contributed by atoms with Crippen LogP contribution < -0.4 is 0 Å². The summed E-state index contributed by atoms with van der Waals surface area (Å²) in [6.45, 7) is 10.4. The summed E-state index contributed by atoms with van der Waals surface area (Å²) in [5.74, 6) is 2.80. The van der Waals surface area contributed by atoms with Gasteiger partial charge in [0.2, 0.25) is 5.91 Å². The van der Waals surface area contributed by atoms with Crippen LogP contribution in [-0.2, 0) is 11.2 Å². The van der Waals surface area contributed by atoms with Crippen LogP contribution in [0.5, 0.6) is 0 Å². The molecule has 0 aliphatic carbocycles. The van der Waals surface area contributed by atoms with Gasteiger partial charge in [-0.25, -0.2) is 4.98 Å². The van der Waals surface area contributed by atoms with Crippen LogP contribution in [0.15, 0.2) is 28.8 Å². The van der Waals surface area contributed by atoms with E-state index in [9.17, 15) is 4.79 Å². The molecule has 1 saturated heterocycles. The smallest absolute Gasteiger partial charge is 0.223 e. The monoisotopic (exact) mass is 340 g/mol. The van der Waals surface area contributed by atoms with E-state index in [1.54, 1.807) is 6.20 Å². The van der Waals surface area contributed by atoms with Gasteiger partial charge in [0.15, 0.2) is 11.7 Å². The average Bonchev–Trinajstić information content (AvgIpc) is 3.03. The first kappa shape index (κ1) is 17.7. The molecule has 3 rings (SSSR count). The Kier molecular flexibility index (Phi) is 5.26. The molecule has 0 unspecified atom stereocenters. The third-order valence-corrected chi connectivity index (χ3v) is 5.12. The van der Waals surface area contributed by atoms with E-state index >= 15 is 0 Å². The lowest BCUT2D eigenvalue weighted by Crippen LogP contribution is -2.42.